The molecule has 0 unspecified atom stereocenters. The molecule has 3 aromatic rings. The summed E-state index contributed by atoms with van der Waals surface area (Å²) in [4.78, 5) is 17.4. The van der Waals surface area contributed by atoms with Crippen LogP contribution in [0.2, 0.25) is 0 Å². The molecule has 0 amide bonds. The van der Waals surface area contributed by atoms with Gasteiger partial charge in [-0.3, -0.25) is 4.40 Å². The second-order valence-electron chi connectivity index (χ2n) is 4.09. The molecule has 19 heavy (non-hydrogen) atoms. The van der Waals surface area contributed by atoms with Crippen molar-refractivity contribution >= 4 is 22.8 Å². The predicted octanol–water partition coefficient (Wildman–Crippen LogP) is 2.77. The van der Waals surface area contributed by atoms with E-state index in [-0.39, 0.29) is 5.97 Å². The molecule has 0 saturated heterocycles. The van der Waals surface area contributed by atoms with E-state index in [1.54, 1.807) is 23.6 Å². The number of fused-ring (bicyclic) bond motifs is 1. The minimum absolute atomic E-state index is 0.351. The largest absolute Gasteiger partial charge is 0.464 e. The summed E-state index contributed by atoms with van der Waals surface area (Å²) in [5, 5.41) is 2.03. The highest BCUT2D eigenvalue weighted by atomic mass is 32.1. The van der Waals surface area contributed by atoms with Crippen LogP contribution < -0.4 is 0 Å². The van der Waals surface area contributed by atoms with Crippen LogP contribution in [0.5, 0.6) is 0 Å². The Hall–Kier alpha value is -2.14. The molecule has 3 aromatic heterocycles. The molecule has 0 aliphatic rings. The van der Waals surface area contributed by atoms with Crippen LogP contribution in [0.1, 0.15) is 21.2 Å². The minimum Gasteiger partial charge on any atom is -0.464 e. The Labute approximate surface area is 114 Å². The van der Waals surface area contributed by atoms with Gasteiger partial charge in [-0.15, -0.1) is 11.3 Å². The van der Waals surface area contributed by atoms with Gasteiger partial charge in [0.1, 0.15) is 11.5 Å². The van der Waals surface area contributed by atoms with E-state index in [4.69, 9.17) is 4.74 Å². The molecule has 0 spiro atoms. The lowest BCUT2D eigenvalue weighted by Gasteiger charge is -2.06. The van der Waals surface area contributed by atoms with Crippen molar-refractivity contribution in [3.05, 3.63) is 58.3 Å². The minimum atomic E-state index is -0.351. The van der Waals surface area contributed by atoms with Crippen LogP contribution in [0.4, 0.5) is 0 Å². The number of hydrogen-bond acceptors (Lipinski definition) is 4. The highest BCUT2D eigenvalue weighted by molar-refractivity contribution is 7.09. The smallest absolute Gasteiger partial charge is 0.355 e. The zero-order valence-electron chi connectivity index (χ0n) is 10.4. The van der Waals surface area contributed by atoms with Gasteiger partial charge in [0.05, 0.1) is 18.8 Å². The summed E-state index contributed by atoms with van der Waals surface area (Å²) < 4.78 is 6.67. The van der Waals surface area contributed by atoms with E-state index in [0.29, 0.717) is 12.1 Å². The molecule has 0 bridgehead atoms. The third-order valence-corrected chi connectivity index (χ3v) is 3.81. The Morgan fingerprint density at radius 1 is 1.37 bits per heavy atom. The Kier molecular flexibility index (Phi) is 3.05. The number of nitrogens with zero attached hydrogens (tertiary/aromatic N) is 2. The highest BCUT2D eigenvalue weighted by Crippen LogP contribution is 2.17. The van der Waals surface area contributed by atoms with Crippen LogP contribution in [0, 0.1) is 0 Å². The van der Waals surface area contributed by atoms with Gasteiger partial charge in [-0.25, -0.2) is 9.78 Å². The molecule has 0 aliphatic carbocycles. The van der Waals surface area contributed by atoms with Gasteiger partial charge in [0.25, 0.3) is 0 Å². The number of hydrogen-bond donors (Lipinski definition) is 0. The molecular weight excluding hydrogens is 260 g/mol. The first-order valence-corrected chi connectivity index (χ1v) is 6.73. The molecule has 96 valence electrons. The molecule has 5 heteroatoms. The van der Waals surface area contributed by atoms with Gasteiger partial charge in [0.2, 0.25) is 0 Å². The molecule has 0 radical (unpaired) electrons. The summed E-state index contributed by atoms with van der Waals surface area (Å²) in [6.45, 7) is 0. The number of carbonyl (C=O) groups is 1. The fourth-order valence-corrected chi connectivity index (χ4v) is 2.77. The molecule has 3 heterocycles. The third kappa shape index (κ3) is 2.13. The Morgan fingerprint density at radius 2 is 2.26 bits per heavy atom. The molecular formula is C14H12N2O2S. The number of thiophene rings is 1. The first-order valence-electron chi connectivity index (χ1n) is 5.85. The number of rotatable bonds is 3. The lowest BCUT2D eigenvalue weighted by Crippen LogP contribution is -2.10. The van der Waals surface area contributed by atoms with Crippen LogP contribution >= 0.6 is 11.3 Å². The molecule has 0 atom stereocenters. The fraction of sp³-hybridized carbons (Fsp3) is 0.143. The normalized spacial score (nSPS) is 10.8. The third-order valence-electron chi connectivity index (χ3n) is 2.93. The van der Waals surface area contributed by atoms with E-state index in [1.807, 2.05) is 28.0 Å². The topological polar surface area (TPSA) is 43.6 Å². The lowest BCUT2D eigenvalue weighted by atomic mass is 10.3. The fourth-order valence-electron chi connectivity index (χ4n) is 2.07. The average molecular weight is 272 g/mol. The van der Waals surface area contributed by atoms with E-state index in [1.165, 1.54) is 12.0 Å². The molecule has 0 aliphatic heterocycles. The quantitative estimate of drug-likeness (QED) is 0.689. The zero-order chi connectivity index (χ0) is 13.2. The van der Waals surface area contributed by atoms with E-state index in [9.17, 15) is 4.79 Å². The van der Waals surface area contributed by atoms with Crippen molar-refractivity contribution in [3.63, 3.8) is 0 Å². The number of imidazole rings is 1. The summed E-state index contributed by atoms with van der Waals surface area (Å²) in [6, 6.07) is 9.58. The van der Waals surface area contributed by atoms with Crippen molar-refractivity contribution < 1.29 is 9.53 Å². The van der Waals surface area contributed by atoms with Gasteiger partial charge in [0, 0.05) is 11.3 Å². The molecule has 0 aromatic carbocycles. The molecule has 0 N–H and O–H groups in total. The van der Waals surface area contributed by atoms with Crippen LogP contribution in [0.15, 0.2) is 41.9 Å². The van der Waals surface area contributed by atoms with Crippen molar-refractivity contribution in [2.24, 2.45) is 0 Å². The summed E-state index contributed by atoms with van der Waals surface area (Å²) in [5.74, 6) is 0.495. The monoisotopic (exact) mass is 272 g/mol. The van der Waals surface area contributed by atoms with Gasteiger partial charge in [-0.05, 0) is 23.6 Å². The molecule has 0 saturated carbocycles. The van der Waals surface area contributed by atoms with E-state index in [2.05, 4.69) is 11.1 Å². The number of ether oxygens (including phenoxy) is 1. The summed E-state index contributed by atoms with van der Waals surface area (Å²) in [7, 11) is 1.39. The number of methoxy groups -OCH3 is 1. The standard InChI is InChI=1S/C14H12N2O2S/c1-18-14(17)12-6-2-4-10-9-15-13(16(10)12)8-11-5-3-7-19-11/h2-7,9H,8H2,1H3. The molecule has 0 fully saturated rings. The van der Waals surface area contributed by atoms with Crippen molar-refractivity contribution in [3.8, 4) is 0 Å². The van der Waals surface area contributed by atoms with Crippen LogP contribution in [0.3, 0.4) is 0 Å². The summed E-state index contributed by atoms with van der Waals surface area (Å²) in [5.41, 5.74) is 1.40. The Bertz CT molecular complexity index is 716. The average Bonchev–Trinajstić information content (AvgIpc) is 3.08. The molecule has 4 nitrogen and oxygen atoms in total. The van der Waals surface area contributed by atoms with Gasteiger partial charge in [-0.1, -0.05) is 12.1 Å². The zero-order valence-corrected chi connectivity index (χ0v) is 11.2. The van der Waals surface area contributed by atoms with Crippen LogP contribution in [-0.4, -0.2) is 22.5 Å². The summed E-state index contributed by atoms with van der Waals surface area (Å²) in [6.07, 6.45) is 2.48. The van der Waals surface area contributed by atoms with Crippen molar-refractivity contribution in [2.45, 2.75) is 6.42 Å². The van der Waals surface area contributed by atoms with Gasteiger partial charge in [-0.2, -0.15) is 0 Å². The molecule has 3 rings (SSSR count). The second kappa shape index (κ2) is 4.85. The summed E-state index contributed by atoms with van der Waals surface area (Å²) >= 11 is 1.68. The predicted molar refractivity (Wildman–Crippen MR) is 73.7 cm³/mol. The van der Waals surface area contributed by atoms with E-state index in [0.717, 1.165) is 11.3 Å². The number of pyridine rings is 1. The second-order valence-corrected chi connectivity index (χ2v) is 5.13. The highest BCUT2D eigenvalue weighted by Gasteiger charge is 2.14. The Balaban J connectivity index is 2.12. The van der Waals surface area contributed by atoms with Gasteiger partial charge >= 0.3 is 5.97 Å². The Morgan fingerprint density at radius 3 is 3.00 bits per heavy atom. The van der Waals surface area contributed by atoms with E-state index >= 15 is 0 Å². The maximum atomic E-state index is 11.8. The van der Waals surface area contributed by atoms with Crippen molar-refractivity contribution in [1.29, 1.82) is 0 Å². The van der Waals surface area contributed by atoms with E-state index < -0.39 is 0 Å². The first kappa shape index (κ1) is 11.9. The van der Waals surface area contributed by atoms with Gasteiger partial charge in [0.15, 0.2) is 0 Å². The van der Waals surface area contributed by atoms with Crippen LogP contribution in [0.25, 0.3) is 5.52 Å². The SMILES string of the molecule is COC(=O)c1cccc2cnc(Cc3cccs3)n12. The maximum Gasteiger partial charge on any atom is 0.355 e. The van der Waals surface area contributed by atoms with Gasteiger partial charge < -0.3 is 4.74 Å². The number of esters is 1. The van der Waals surface area contributed by atoms with Crippen molar-refractivity contribution in [1.82, 2.24) is 9.38 Å². The number of aromatic nitrogens is 2. The van der Waals surface area contributed by atoms with Crippen LogP contribution in [-0.2, 0) is 11.2 Å². The van der Waals surface area contributed by atoms with Crippen molar-refractivity contribution in [2.75, 3.05) is 7.11 Å². The maximum absolute atomic E-state index is 11.8. The first-order chi connectivity index (χ1) is 9.29. The number of carbonyl (C=O) groups excluding carboxylic acids is 1. The lowest BCUT2D eigenvalue weighted by molar-refractivity contribution is 0.0592.